The van der Waals surface area contributed by atoms with E-state index in [2.05, 4.69) is 32.7 Å². The van der Waals surface area contributed by atoms with Gasteiger partial charge in [0.05, 0.1) is 0 Å². The molecule has 2 saturated carbocycles. The molecule has 2 rings (SSSR count). The van der Waals surface area contributed by atoms with Crippen molar-refractivity contribution < 1.29 is 0 Å². The van der Waals surface area contributed by atoms with Crippen LogP contribution in [-0.2, 0) is 0 Å². The van der Waals surface area contributed by atoms with E-state index in [0.717, 1.165) is 30.5 Å². The van der Waals surface area contributed by atoms with Crippen LogP contribution < -0.4 is 5.73 Å². The standard InChI is InChI=1S/C16H32N2/c1-5-16(2,3)13-7-6-12(11-17)15(10-13)18(4)14-8-9-14/h12-15H,5-11,17H2,1-4H3. The van der Waals surface area contributed by atoms with Gasteiger partial charge in [-0.25, -0.2) is 0 Å². The van der Waals surface area contributed by atoms with Gasteiger partial charge in [0.15, 0.2) is 0 Å². The molecule has 2 fully saturated rings. The summed E-state index contributed by atoms with van der Waals surface area (Å²) in [5, 5.41) is 0. The molecular formula is C16H32N2. The van der Waals surface area contributed by atoms with Gasteiger partial charge in [-0.2, -0.15) is 0 Å². The van der Waals surface area contributed by atoms with Crippen LogP contribution in [0.1, 0.15) is 59.3 Å². The lowest BCUT2D eigenvalue weighted by Gasteiger charge is -2.46. The van der Waals surface area contributed by atoms with Crippen molar-refractivity contribution in [2.24, 2.45) is 23.0 Å². The van der Waals surface area contributed by atoms with Gasteiger partial charge in [-0.05, 0) is 62.9 Å². The Balaban J connectivity index is 2.03. The molecule has 2 aliphatic rings. The van der Waals surface area contributed by atoms with E-state index in [0.29, 0.717) is 5.41 Å². The molecule has 0 spiro atoms. The van der Waals surface area contributed by atoms with E-state index in [9.17, 15) is 0 Å². The van der Waals surface area contributed by atoms with Crippen LogP contribution in [0.2, 0.25) is 0 Å². The maximum atomic E-state index is 6.01. The predicted molar refractivity (Wildman–Crippen MR) is 78.5 cm³/mol. The van der Waals surface area contributed by atoms with E-state index >= 15 is 0 Å². The normalized spacial score (nSPS) is 34.0. The Hall–Kier alpha value is -0.0800. The van der Waals surface area contributed by atoms with Crippen LogP contribution in [-0.4, -0.2) is 30.6 Å². The Morgan fingerprint density at radius 3 is 2.33 bits per heavy atom. The van der Waals surface area contributed by atoms with Crippen LogP contribution in [0.5, 0.6) is 0 Å². The lowest BCUT2D eigenvalue weighted by molar-refractivity contribution is 0.0466. The van der Waals surface area contributed by atoms with Crippen molar-refractivity contribution in [3.63, 3.8) is 0 Å². The van der Waals surface area contributed by atoms with E-state index in [1.807, 2.05) is 0 Å². The molecular weight excluding hydrogens is 220 g/mol. The predicted octanol–water partition coefficient (Wildman–Crippen LogP) is 3.26. The van der Waals surface area contributed by atoms with E-state index in [4.69, 9.17) is 5.73 Å². The van der Waals surface area contributed by atoms with Crippen LogP contribution in [0.25, 0.3) is 0 Å². The third-order valence-electron chi connectivity index (χ3n) is 5.92. The zero-order chi connectivity index (χ0) is 13.3. The van der Waals surface area contributed by atoms with Crippen molar-refractivity contribution in [3.8, 4) is 0 Å². The maximum Gasteiger partial charge on any atom is 0.0138 e. The minimum Gasteiger partial charge on any atom is -0.330 e. The first-order valence-corrected chi connectivity index (χ1v) is 7.91. The van der Waals surface area contributed by atoms with Gasteiger partial charge in [-0.3, -0.25) is 0 Å². The lowest BCUT2D eigenvalue weighted by Crippen LogP contribution is -2.48. The molecule has 106 valence electrons. The molecule has 0 amide bonds. The Kier molecular flexibility index (Phi) is 4.38. The van der Waals surface area contributed by atoms with E-state index < -0.39 is 0 Å². The minimum atomic E-state index is 0.502. The van der Waals surface area contributed by atoms with Gasteiger partial charge >= 0.3 is 0 Å². The first-order valence-electron chi connectivity index (χ1n) is 7.91. The van der Waals surface area contributed by atoms with E-state index in [1.54, 1.807) is 0 Å². The van der Waals surface area contributed by atoms with Crippen LogP contribution in [0, 0.1) is 17.3 Å². The smallest absolute Gasteiger partial charge is 0.0138 e. The molecule has 0 heterocycles. The van der Waals surface area contributed by atoms with Crippen molar-refractivity contribution >= 4 is 0 Å². The van der Waals surface area contributed by atoms with Gasteiger partial charge in [0, 0.05) is 12.1 Å². The van der Waals surface area contributed by atoms with Crippen molar-refractivity contribution in [2.45, 2.75) is 71.4 Å². The fourth-order valence-corrected chi connectivity index (χ4v) is 3.73. The first kappa shape index (κ1) is 14.3. The average Bonchev–Trinajstić information content (AvgIpc) is 3.21. The van der Waals surface area contributed by atoms with Crippen molar-refractivity contribution in [3.05, 3.63) is 0 Å². The third kappa shape index (κ3) is 2.91. The molecule has 0 aromatic carbocycles. The molecule has 3 atom stereocenters. The summed E-state index contributed by atoms with van der Waals surface area (Å²) in [6.07, 6.45) is 8.21. The van der Waals surface area contributed by atoms with Crippen LogP contribution in [0.3, 0.4) is 0 Å². The molecule has 2 heteroatoms. The fourth-order valence-electron chi connectivity index (χ4n) is 3.73. The van der Waals surface area contributed by atoms with Crippen molar-refractivity contribution in [1.82, 2.24) is 4.90 Å². The number of nitrogens with two attached hydrogens (primary N) is 1. The lowest BCUT2D eigenvalue weighted by atomic mass is 9.65. The quantitative estimate of drug-likeness (QED) is 0.814. The maximum absolute atomic E-state index is 6.01. The van der Waals surface area contributed by atoms with Gasteiger partial charge in [-0.1, -0.05) is 27.2 Å². The van der Waals surface area contributed by atoms with Crippen molar-refractivity contribution in [2.75, 3.05) is 13.6 Å². The molecule has 0 aliphatic heterocycles. The fraction of sp³-hybridized carbons (Fsp3) is 1.00. The molecule has 0 aromatic heterocycles. The Labute approximate surface area is 113 Å². The number of hydrogen-bond donors (Lipinski definition) is 1. The van der Waals surface area contributed by atoms with Crippen LogP contribution >= 0.6 is 0 Å². The summed E-state index contributed by atoms with van der Waals surface area (Å²) in [6.45, 7) is 8.12. The Morgan fingerprint density at radius 2 is 1.83 bits per heavy atom. The molecule has 18 heavy (non-hydrogen) atoms. The second-order valence-corrected chi connectivity index (χ2v) is 7.31. The summed E-state index contributed by atoms with van der Waals surface area (Å²) in [5.74, 6) is 1.62. The highest BCUT2D eigenvalue weighted by Gasteiger charge is 2.41. The number of hydrogen-bond acceptors (Lipinski definition) is 2. The van der Waals surface area contributed by atoms with Crippen LogP contribution in [0.15, 0.2) is 0 Å². The van der Waals surface area contributed by atoms with E-state index in [-0.39, 0.29) is 0 Å². The van der Waals surface area contributed by atoms with Crippen LogP contribution in [0.4, 0.5) is 0 Å². The highest BCUT2D eigenvalue weighted by molar-refractivity contribution is 4.95. The molecule has 0 aromatic rings. The highest BCUT2D eigenvalue weighted by atomic mass is 15.2. The van der Waals surface area contributed by atoms with Crippen molar-refractivity contribution in [1.29, 1.82) is 0 Å². The largest absolute Gasteiger partial charge is 0.330 e. The summed E-state index contributed by atoms with van der Waals surface area (Å²) in [5.41, 5.74) is 6.51. The summed E-state index contributed by atoms with van der Waals surface area (Å²) in [6, 6.07) is 1.61. The Bertz CT molecular complexity index is 268. The minimum absolute atomic E-state index is 0.502. The summed E-state index contributed by atoms with van der Waals surface area (Å²) in [7, 11) is 2.34. The van der Waals surface area contributed by atoms with Gasteiger partial charge in [-0.15, -0.1) is 0 Å². The highest BCUT2D eigenvalue weighted by Crippen LogP contribution is 2.44. The molecule has 2 N–H and O–H groups in total. The topological polar surface area (TPSA) is 29.3 Å². The average molecular weight is 252 g/mol. The SMILES string of the molecule is CCC(C)(C)C1CCC(CN)C(N(C)C2CC2)C1. The molecule has 2 nitrogen and oxygen atoms in total. The molecule has 3 unspecified atom stereocenters. The molecule has 0 saturated heterocycles. The van der Waals surface area contributed by atoms with E-state index in [1.165, 1.54) is 38.5 Å². The molecule has 0 radical (unpaired) electrons. The Morgan fingerprint density at radius 1 is 1.17 bits per heavy atom. The monoisotopic (exact) mass is 252 g/mol. The van der Waals surface area contributed by atoms with Gasteiger partial charge < -0.3 is 10.6 Å². The van der Waals surface area contributed by atoms with Gasteiger partial charge in [0.25, 0.3) is 0 Å². The second kappa shape index (κ2) is 5.50. The van der Waals surface area contributed by atoms with Gasteiger partial charge in [0.2, 0.25) is 0 Å². The molecule has 0 bridgehead atoms. The zero-order valence-corrected chi connectivity index (χ0v) is 12.8. The summed E-state index contributed by atoms with van der Waals surface area (Å²) < 4.78 is 0. The molecule has 2 aliphatic carbocycles. The summed E-state index contributed by atoms with van der Waals surface area (Å²) in [4.78, 5) is 2.66. The zero-order valence-electron chi connectivity index (χ0n) is 12.8. The first-order chi connectivity index (χ1) is 8.49. The van der Waals surface area contributed by atoms with Gasteiger partial charge in [0.1, 0.15) is 0 Å². The number of nitrogens with zero attached hydrogens (tertiary/aromatic N) is 1. The summed E-state index contributed by atoms with van der Waals surface area (Å²) >= 11 is 0. The second-order valence-electron chi connectivity index (χ2n) is 7.31. The number of rotatable bonds is 5. The third-order valence-corrected chi connectivity index (χ3v) is 5.92.